The van der Waals surface area contributed by atoms with Crippen molar-refractivity contribution in [2.45, 2.75) is 0 Å². The van der Waals surface area contributed by atoms with Crippen LogP contribution in [0, 0.1) is 0 Å². The van der Waals surface area contributed by atoms with Crippen molar-refractivity contribution in [3.8, 4) is 0 Å². The minimum atomic E-state index is -2.58. The van der Waals surface area contributed by atoms with Crippen LogP contribution in [-0.4, -0.2) is 0 Å². The summed E-state index contributed by atoms with van der Waals surface area (Å²) in [4.78, 5) is 0. The molecule has 0 nitrogen and oxygen atoms in total. The Morgan fingerprint density at radius 1 is 0.231 bits per heavy atom. The molecule has 0 spiro atoms. The van der Waals surface area contributed by atoms with Gasteiger partial charge in [-0.15, -0.1) is 0 Å². The molecule has 0 atom stereocenters. The van der Waals surface area contributed by atoms with Gasteiger partial charge in [0.2, 0.25) is 0 Å². The summed E-state index contributed by atoms with van der Waals surface area (Å²) in [5, 5.41) is 8.68. The second-order valence-corrected chi connectivity index (χ2v) is 23.2. The normalized spacial score (nSPS) is 12.6. The van der Waals surface area contributed by atoms with Crippen LogP contribution in [0.3, 0.4) is 0 Å². The first-order valence-electron chi connectivity index (χ1n) is 13.3. The van der Waals surface area contributed by atoms with Gasteiger partial charge in [0.1, 0.15) is 0 Å². The van der Waals surface area contributed by atoms with Crippen LogP contribution in [0.2, 0.25) is 0 Å². The summed E-state index contributed by atoms with van der Waals surface area (Å²) in [6.07, 6.45) is 0. The van der Waals surface area contributed by atoms with Gasteiger partial charge < -0.3 is 0 Å². The fourth-order valence-corrected chi connectivity index (χ4v) is 31.6. The van der Waals surface area contributed by atoms with E-state index in [1.54, 1.807) is 0 Å². The predicted molar refractivity (Wildman–Crippen MR) is 173 cm³/mol. The molecule has 6 aromatic rings. The average molecular weight is 586 g/mol. The fraction of sp³-hybridized carbons (Fsp3) is 0. The third kappa shape index (κ3) is 4.93. The van der Waals surface area contributed by atoms with E-state index in [9.17, 15) is 0 Å². The van der Waals surface area contributed by atoms with Crippen LogP contribution in [0.25, 0.3) is 0 Å². The maximum atomic E-state index is 2.37. The Morgan fingerprint density at radius 2 is 0.385 bits per heavy atom. The van der Waals surface area contributed by atoms with E-state index in [0.29, 0.717) is 0 Å². The van der Waals surface area contributed by atoms with E-state index in [-0.39, 0.29) is 0 Å². The van der Waals surface area contributed by atoms with E-state index in [1.165, 1.54) is 45.6 Å². The summed E-state index contributed by atoms with van der Waals surface area (Å²) in [6.45, 7) is 0. The standard InChI is InChI=1S/2C18H15P.Co/c2*1-4-10-16(11-5-1)19(17-12-6-2-7-13-17)18-14-8-3-9-15-18;/h2*1-15H;/q;;-2/p+2. The summed E-state index contributed by atoms with van der Waals surface area (Å²) in [5.41, 5.74) is 0. The van der Waals surface area contributed by atoms with E-state index in [2.05, 4.69) is 182 Å². The molecule has 195 valence electrons. The van der Waals surface area contributed by atoms with Gasteiger partial charge in [-0.05, 0) is 0 Å². The van der Waals surface area contributed by atoms with Gasteiger partial charge in [-0.2, -0.15) is 0 Å². The fourth-order valence-electron chi connectivity index (χ4n) is 5.44. The van der Waals surface area contributed by atoms with Crippen molar-refractivity contribution >= 4 is 43.8 Å². The molecule has 0 aliphatic rings. The zero-order chi connectivity index (χ0) is 26.4. The van der Waals surface area contributed by atoms with Gasteiger partial charge in [0, 0.05) is 0 Å². The van der Waals surface area contributed by atoms with E-state index in [1.807, 2.05) is 0 Å². The SMILES string of the molecule is c1ccc([PH]([Co][PH](c2ccccc2)(c2ccccc2)c2ccccc2)(c2ccccc2)c2ccccc2)cc1. The van der Waals surface area contributed by atoms with Crippen molar-refractivity contribution in [2.24, 2.45) is 0 Å². The van der Waals surface area contributed by atoms with Crippen LogP contribution in [0.1, 0.15) is 0 Å². The summed E-state index contributed by atoms with van der Waals surface area (Å²) < 4.78 is 0. The second kappa shape index (κ2) is 11.8. The average Bonchev–Trinajstić information content (AvgIpc) is 3.04. The molecule has 0 radical (unpaired) electrons. The minimum absolute atomic E-state index is 1.45. The van der Waals surface area contributed by atoms with Crippen molar-refractivity contribution in [3.05, 3.63) is 182 Å². The van der Waals surface area contributed by atoms with Crippen molar-refractivity contribution in [3.63, 3.8) is 0 Å². The van der Waals surface area contributed by atoms with Crippen LogP contribution in [0.4, 0.5) is 0 Å². The number of rotatable bonds is 8. The second-order valence-electron chi connectivity index (χ2n) is 9.53. The first-order chi connectivity index (χ1) is 19.3. The van der Waals surface area contributed by atoms with Gasteiger partial charge in [-0.25, -0.2) is 0 Å². The summed E-state index contributed by atoms with van der Waals surface area (Å²) in [6, 6.07) is 68.0. The van der Waals surface area contributed by atoms with E-state index in [0.717, 1.165) is 0 Å². The van der Waals surface area contributed by atoms with Gasteiger partial charge in [-0.3, -0.25) is 0 Å². The maximum absolute atomic E-state index is 2.58. The Hall–Kier alpha value is -3.31. The Kier molecular flexibility index (Phi) is 7.87. The molecule has 3 heteroatoms. The van der Waals surface area contributed by atoms with Crippen LogP contribution in [-0.2, 0) is 13.8 Å². The molecule has 0 saturated heterocycles. The molecule has 0 aromatic heterocycles. The van der Waals surface area contributed by atoms with E-state index < -0.39 is 12.0 Å². The van der Waals surface area contributed by atoms with Crippen molar-refractivity contribution < 1.29 is 13.8 Å². The zero-order valence-electron chi connectivity index (χ0n) is 21.7. The molecule has 39 heavy (non-hydrogen) atoms. The Balaban J connectivity index is 1.76. The molecular weight excluding hydrogens is 553 g/mol. The first kappa shape index (κ1) is 25.9. The van der Waals surface area contributed by atoms with Gasteiger partial charge in [-0.1, -0.05) is 0 Å². The molecule has 0 bridgehead atoms. The Labute approximate surface area is 238 Å². The van der Waals surface area contributed by atoms with Gasteiger partial charge in [0.05, 0.1) is 0 Å². The topological polar surface area (TPSA) is 0 Å². The molecule has 6 aromatic carbocycles. The van der Waals surface area contributed by atoms with Gasteiger partial charge >= 0.3 is 240 Å². The molecule has 0 aliphatic carbocycles. The van der Waals surface area contributed by atoms with Crippen molar-refractivity contribution in [1.29, 1.82) is 0 Å². The van der Waals surface area contributed by atoms with Crippen molar-refractivity contribution in [2.75, 3.05) is 0 Å². The summed E-state index contributed by atoms with van der Waals surface area (Å²) in [7, 11) is 0. The quantitative estimate of drug-likeness (QED) is 0.183. The molecule has 0 fully saturated rings. The summed E-state index contributed by atoms with van der Waals surface area (Å²) >= 11 is 1.54. The number of benzene rings is 6. The zero-order valence-corrected chi connectivity index (χ0v) is 24.7. The molecule has 0 unspecified atom stereocenters. The molecule has 0 saturated carbocycles. The predicted octanol–water partition coefficient (Wildman–Crippen LogP) is 6.35. The molecule has 0 N–H and O–H groups in total. The molecule has 0 aliphatic heterocycles. The van der Waals surface area contributed by atoms with Gasteiger partial charge in [0.25, 0.3) is 0 Å². The molecule has 0 heterocycles. The van der Waals surface area contributed by atoms with E-state index >= 15 is 0 Å². The summed E-state index contributed by atoms with van der Waals surface area (Å²) in [5.74, 6) is -5.15. The molecule has 0 amide bonds. The van der Waals surface area contributed by atoms with Crippen LogP contribution in [0.5, 0.6) is 0 Å². The van der Waals surface area contributed by atoms with Crippen molar-refractivity contribution in [1.82, 2.24) is 0 Å². The van der Waals surface area contributed by atoms with E-state index in [4.69, 9.17) is 0 Å². The Bertz CT molecular complexity index is 1270. The molecule has 6 rings (SSSR count). The Morgan fingerprint density at radius 3 is 0.538 bits per heavy atom. The van der Waals surface area contributed by atoms with Crippen LogP contribution >= 0.6 is 12.0 Å². The van der Waals surface area contributed by atoms with Crippen LogP contribution in [0.15, 0.2) is 182 Å². The van der Waals surface area contributed by atoms with Crippen LogP contribution < -0.4 is 31.8 Å². The monoisotopic (exact) mass is 585 g/mol. The number of hydrogen-bond acceptors (Lipinski definition) is 0. The third-order valence-electron chi connectivity index (χ3n) is 7.20. The molecular formula is C36H32CoP2. The van der Waals surface area contributed by atoms with Gasteiger partial charge in [0.15, 0.2) is 0 Å². The first-order valence-corrected chi connectivity index (χ1v) is 20.1. The number of hydrogen-bond donors (Lipinski definition) is 0. The third-order valence-corrected chi connectivity index (χ3v) is 28.3.